The maximum absolute atomic E-state index is 13.4. The van der Waals surface area contributed by atoms with Gasteiger partial charge in [0.15, 0.2) is 0 Å². The highest BCUT2D eigenvalue weighted by molar-refractivity contribution is 5.94. The Kier molecular flexibility index (Phi) is 11.2. The molecule has 4 atom stereocenters. The second-order valence-electron chi connectivity index (χ2n) is 10.0. The van der Waals surface area contributed by atoms with Gasteiger partial charge in [0.05, 0.1) is 6.04 Å². The first-order valence-corrected chi connectivity index (χ1v) is 13.5. The van der Waals surface area contributed by atoms with Crippen LogP contribution in [-0.4, -0.2) is 69.6 Å². The molecule has 4 unspecified atom stereocenters. The first-order valence-electron chi connectivity index (χ1n) is 13.5. The fourth-order valence-corrected chi connectivity index (χ4v) is 4.41. The number of aromatic nitrogens is 1. The third kappa shape index (κ3) is 9.05. The highest BCUT2D eigenvalue weighted by Gasteiger charge is 2.29. The van der Waals surface area contributed by atoms with Gasteiger partial charge in [-0.3, -0.25) is 14.4 Å². The molecular formula is C29H38N6O6. The zero-order valence-electron chi connectivity index (χ0n) is 22.9. The molecule has 12 heteroatoms. The number of aliphatic carboxylic acids is 1. The largest absolute Gasteiger partial charge is 0.508 e. The summed E-state index contributed by atoms with van der Waals surface area (Å²) in [5, 5.41) is 27.6. The lowest BCUT2D eigenvalue weighted by atomic mass is 10.0. The second-order valence-corrected chi connectivity index (χ2v) is 10.0. The Morgan fingerprint density at radius 3 is 2.24 bits per heavy atom. The number of hydrogen-bond donors (Lipinski definition) is 8. The molecule has 0 saturated heterocycles. The number of benzene rings is 2. The summed E-state index contributed by atoms with van der Waals surface area (Å²) in [5.41, 5.74) is 14.0. The van der Waals surface area contributed by atoms with Crippen molar-refractivity contribution in [3.05, 3.63) is 65.9 Å². The van der Waals surface area contributed by atoms with Gasteiger partial charge in [-0.25, -0.2) is 4.79 Å². The number of carbonyl (C=O) groups excluding carboxylic acids is 3. The molecule has 41 heavy (non-hydrogen) atoms. The molecule has 0 aliphatic heterocycles. The highest BCUT2D eigenvalue weighted by Crippen LogP contribution is 2.19. The molecule has 10 N–H and O–H groups in total. The molecule has 0 saturated carbocycles. The topological polar surface area (TPSA) is 213 Å². The monoisotopic (exact) mass is 566 g/mol. The standard InChI is InChI=1S/C29H38N6O6/c1-17(26(37)34-24(29(40)41)8-4-5-13-30)33-28(39)25(15-19-16-32-23-7-3-2-6-21(19)23)35-27(38)22(31)14-18-9-11-20(36)12-10-18/h2-3,6-7,9-12,16-17,22,24-25,32,36H,4-5,8,13-15,30-31H2,1H3,(H,33,39)(H,34,37)(H,35,38)(H,40,41). The van der Waals surface area contributed by atoms with E-state index in [4.69, 9.17) is 11.5 Å². The number of aromatic amines is 1. The minimum Gasteiger partial charge on any atom is -0.508 e. The molecule has 2 aromatic carbocycles. The second kappa shape index (κ2) is 14.8. The minimum absolute atomic E-state index is 0.0885. The van der Waals surface area contributed by atoms with Crippen molar-refractivity contribution in [1.29, 1.82) is 0 Å². The van der Waals surface area contributed by atoms with Gasteiger partial charge in [-0.15, -0.1) is 0 Å². The minimum atomic E-state index is -1.18. The predicted molar refractivity (Wildman–Crippen MR) is 154 cm³/mol. The number of carboxylic acid groups (broad SMARTS) is 1. The number of fused-ring (bicyclic) bond motifs is 1. The maximum Gasteiger partial charge on any atom is 0.326 e. The summed E-state index contributed by atoms with van der Waals surface area (Å²) in [6.07, 6.45) is 3.39. The van der Waals surface area contributed by atoms with Crippen molar-refractivity contribution in [2.75, 3.05) is 6.54 Å². The number of carbonyl (C=O) groups is 4. The van der Waals surface area contributed by atoms with Crippen LogP contribution in [0.4, 0.5) is 0 Å². The highest BCUT2D eigenvalue weighted by atomic mass is 16.4. The lowest BCUT2D eigenvalue weighted by Crippen LogP contribution is -2.57. The molecule has 220 valence electrons. The Morgan fingerprint density at radius 1 is 0.878 bits per heavy atom. The van der Waals surface area contributed by atoms with E-state index in [0.29, 0.717) is 19.4 Å². The summed E-state index contributed by atoms with van der Waals surface area (Å²) in [6, 6.07) is 9.54. The number of nitrogens with two attached hydrogens (primary N) is 2. The number of amides is 3. The molecule has 0 spiro atoms. The number of carboxylic acids is 1. The van der Waals surface area contributed by atoms with Crippen LogP contribution in [0.5, 0.6) is 5.75 Å². The van der Waals surface area contributed by atoms with E-state index in [9.17, 15) is 29.4 Å². The lowest BCUT2D eigenvalue weighted by Gasteiger charge is -2.23. The number of H-pyrrole nitrogens is 1. The van der Waals surface area contributed by atoms with Gasteiger partial charge in [0.1, 0.15) is 23.9 Å². The van der Waals surface area contributed by atoms with E-state index in [1.165, 1.54) is 19.1 Å². The van der Waals surface area contributed by atoms with E-state index < -0.39 is 47.9 Å². The maximum atomic E-state index is 13.4. The van der Waals surface area contributed by atoms with E-state index in [-0.39, 0.29) is 25.0 Å². The summed E-state index contributed by atoms with van der Waals surface area (Å²) < 4.78 is 0. The van der Waals surface area contributed by atoms with Gasteiger partial charge >= 0.3 is 5.97 Å². The zero-order valence-corrected chi connectivity index (χ0v) is 22.9. The summed E-state index contributed by atoms with van der Waals surface area (Å²) in [5.74, 6) is -2.95. The zero-order chi connectivity index (χ0) is 29.9. The fourth-order valence-electron chi connectivity index (χ4n) is 4.41. The average molecular weight is 567 g/mol. The number of unbranched alkanes of at least 4 members (excludes halogenated alkanes) is 1. The van der Waals surface area contributed by atoms with Crippen LogP contribution < -0.4 is 27.4 Å². The Morgan fingerprint density at radius 2 is 1.56 bits per heavy atom. The van der Waals surface area contributed by atoms with Crippen molar-refractivity contribution in [1.82, 2.24) is 20.9 Å². The average Bonchev–Trinajstić information content (AvgIpc) is 3.35. The van der Waals surface area contributed by atoms with Crippen LogP contribution in [0.25, 0.3) is 10.9 Å². The van der Waals surface area contributed by atoms with Crippen LogP contribution in [0.2, 0.25) is 0 Å². The Bertz CT molecular complexity index is 1340. The van der Waals surface area contributed by atoms with E-state index in [2.05, 4.69) is 20.9 Å². The van der Waals surface area contributed by atoms with Crippen LogP contribution in [-0.2, 0) is 32.0 Å². The molecule has 12 nitrogen and oxygen atoms in total. The molecule has 3 amide bonds. The van der Waals surface area contributed by atoms with Gasteiger partial charge in [0.25, 0.3) is 0 Å². The summed E-state index contributed by atoms with van der Waals surface area (Å²) in [6.45, 7) is 1.85. The van der Waals surface area contributed by atoms with E-state index >= 15 is 0 Å². The quantitative estimate of drug-likeness (QED) is 0.122. The van der Waals surface area contributed by atoms with E-state index in [0.717, 1.165) is 22.0 Å². The molecule has 3 aromatic rings. The number of phenols is 1. The van der Waals surface area contributed by atoms with Gasteiger partial charge < -0.3 is 42.6 Å². The number of hydrogen-bond acceptors (Lipinski definition) is 7. The molecular weight excluding hydrogens is 528 g/mol. The Balaban J connectivity index is 1.72. The van der Waals surface area contributed by atoms with Crippen molar-refractivity contribution in [2.45, 2.75) is 63.2 Å². The number of nitrogens with one attached hydrogen (secondary N) is 4. The van der Waals surface area contributed by atoms with Crippen LogP contribution in [0.1, 0.15) is 37.3 Å². The molecule has 0 fully saturated rings. The molecule has 1 heterocycles. The molecule has 0 radical (unpaired) electrons. The van der Waals surface area contributed by atoms with Crippen LogP contribution in [0.15, 0.2) is 54.7 Å². The van der Waals surface area contributed by atoms with Crippen LogP contribution in [0, 0.1) is 0 Å². The third-order valence-corrected chi connectivity index (χ3v) is 6.77. The van der Waals surface area contributed by atoms with E-state index in [1.807, 2.05) is 24.3 Å². The normalized spacial score (nSPS) is 14.0. The molecule has 0 bridgehead atoms. The Labute approximate surface area is 237 Å². The first-order chi connectivity index (χ1) is 19.6. The number of phenolic OH excluding ortho intramolecular Hbond substituents is 1. The van der Waals surface area contributed by atoms with Gasteiger partial charge in [0, 0.05) is 23.5 Å². The fraction of sp³-hybridized carbons (Fsp3) is 0.379. The van der Waals surface area contributed by atoms with E-state index in [1.54, 1.807) is 18.3 Å². The van der Waals surface area contributed by atoms with Gasteiger partial charge in [-0.05, 0) is 68.5 Å². The summed E-state index contributed by atoms with van der Waals surface area (Å²) >= 11 is 0. The molecule has 3 rings (SSSR count). The smallest absolute Gasteiger partial charge is 0.326 e. The van der Waals surface area contributed by atoms with Gasteiger partial charge in [0.2, 0.25) is 17.7 Å². The van der Waals surface area contributed by atoms with Crippen molar-refractivity contribution in [3.8, 4) is 5.75 Å². The number of para-hydroxylation sites is 1. The molecule has 1 aromatic heterocycles. The van der Waals surface area contributed by atoms with Crippen molar-refractivity contribution >= 4 is 34.6 Å². The molecule has 0 aliphatic carbocycles. The first kappa shape index (κ1) is 31.1. The van der Waals surface area contributed by atoms with Crippen molar-refractivity contribution in [2.24, 2.45) is 11.5 Å². The number of rotatable bonds is 15. The summed E-state index contributed by atoms with van der Waals surface area (Å²) in [7, 11) is 0. The SMILES string of the molecule is CC(NC(=O)C(Cc1c[nH]c2ccccc12)NC(=O)C(N)Cc1ccc(O)cc1)C(=O)NC(CCCCN)C(=O)O. The summed E-state index contributed by atoms with van der Waals surface area (Å²) in [4.78, 5) is 53.9. The third-order valence-electron chi connectivity index (χ3n) is 6.77. The molecule has 0 aliphatic rings. The van der Waals surface area contributed by atoms with Crippen LogP contribution >= 0.6 is 0 Å². The lowest BCUT2D eigenvalue weighted by molar-refractivity contribution is -0.142. The predicted octanol–water partition coefficient (Wildman–Crippen LogP) is 0.674. The Hall–Kier alpha value is -4.42. The van der Waals surface area contributed by atoms with Gasteiger partial charge in [-0.1, -0.05) is 30.3 Å². The van der Waals surface area contributed by atoms with Crippen molar-refractivity contribution < 1.29 is 29.4 Å². The van der Waals surface area contributed by atoms with Crippen LogP contribution in [0.3, 0.4) is 0 Å². The van der Waals surface area contributed by atoms with Gasteiger partial charge in [-0.2, -0.15) is 0 Å². The van der Waals surface area contributed by atoms with Crippen molar-refractivity contribution in [3.63, 3.8) is 0 Å². The number of aromatic hydroxyl groups is 1.